The van der Waals surface area contributed by atoms with E-state index >= 15 is 0 Å². The first-order chi connectivity index (χ1) is 9.88. The minimum absolute atomic E-state index is 0.00597. The Kier molecular flexibility index (Phi) is 6.08. The molecule has 2 amide bonds. The van der Waals surface area contributed by atoms with Crippen molar-refractivity contribution in [2.24, 2.45) is 5.92 Å². The summed E-state index contributed by atoms with van der Waals surface area (Å²) >= 11 is 0. The molecule has 7 nitrogen and oxygen atoms in total. The quantitative estimate of drug-likeness (QED) is 0.733. The van der Waals surface area contributed by atoms with Crippen LogP contribution in [0.25, 0.3) is 0 Å². The maximum Gasteiger partial charge on any atom is 0.246 e. The molecular weight excluding hydrogens is 270 g/mol. The molecule has 0 aliphatic carbocycles. The summed E-state index contributed by atoms with van der Waals surface area (Å²) < 4.78 is 0. The second-order valence-corrected chi connectivity index (χ2v) is 5.12. The zero-order valence-electron chi connectivity index (χ0n) is 13.0. The van der Waals surface area contributed by atoms with Crippen molar-refractivity contribution >= 4 is 11.8 Å². The van der Waals surface area contributed by atoms with Crippen LogP contribution in [0, 0.1) is 12.8 Å². The van der Waals surface area contributed by atoms with Gasteiger partial charge in [0.05, 0.1) is 12.6 Å². The van der Waals surface area contributed by atoms with E-state index in [1.54, 1.807) is 6.92 Å². The molecule has 0 aromatic carbocycles. The normalized spacial score (nSPS) is 12.0. The number of H-pyrrole nitrogens is 1. The van der Waals surface area contributed by atoms with Crippen LogP contribution in [0.3, 0.4) is 0 Å². The van der Waals surface area contributed by atoms with Crippen molar-refractivity contribution in [1.29, 1.82) is 0 Å². The minimum Gasteiger partial charge on any atom is -0.344 e. The first kappa shape index (κ1) is 16.9. The standard InChI is InChI=1S/C14H23N5O2/c1-6-12(21)19(7-2)8-11(20)16-13(9(3)4)14-15-10(5)17-18-14/h6,9,13H,1,7-8H2,2-5H3,(H,16,20)(H,15,17,18). The Balaban J connectivity index is 2.73. The van der Waals surface area contributed by atoms with Gasteiger partial charge in [0.2, 0.25) is 11.8 Å². The number of aryl methyl sites for hydroxylation is 1. The zero-order chi connectivity index (χ0) is 16.0. The molecule has 0 aliphatic heterocycles. The molecule has 1 aromatic heterocycles. The van der Waals surface area contributed by atoms with Crippen LogP contribution in [0.5, 0.6) is 0 Å². The van der Waals surface area contributed by atoms with Crippen molar-refractivity contribution in [1.82, 2.24) is 25.4 Å². The van der Waals surface area contributed by atoms with E-state index in [0.29, 0.717) is 18.2 Å². The van der Waals surface area contributed by atoms with Gasteiger partial charge in [-0.15, -0.1) is 0 Å². The number of carbonyl (C=O) groups is 2. The van der Waals surface area contributed by atoms with Crippen LogP contribution in [-0.2, 0) is 9.59 Å². The number of rotatable bonds is 7. The predicted molar refractivity (Wildman–Crippen MR) is 79.3 cm³/mol. The number of hydrogen-bond acceptors (Lipinski definition) is 4. The highest BCUT2D eigenvalue weighted by Crippen LogP contribution is 2.17. The monoisotopic (exact) mass is 293 g/mol. The molecule has 1 aromatic rings. The Hall–Kier alpha value is -2.18. The van der Waals surface area contributed by atoms with Crippen LogP contribution >= 0.6 is 0 Å². The van der Waals surface area contributed by atoms with Gasteiger partial charge in [-0.05, 0) is 25.8 Å². The Labute approximate surface area is 124 Å². The predicted octanol–water partition coefficient (Wildman–Crippen LogP) is 0.961. The highest BCUT2D eigenvalue weighted by molar-refractivity contribution is 5.90. The van der Waals surface area contributed by atoms with Gasteiger partial charge in [-0.2, -0.15) is 5.10 Å². The largest absolute Gasteiger partial charge is 0.344 e. The number of nitrogens with one attached hydrogen (secondary N) is 2. The molecule has 0 saturated carbocycles. The summed E-state index contributed by atoms with van der Waals surface area (Å²) in [4.78, 5) is 29.4. The van der Waals surface area contributed by atoms with Gasteiger partial charge in [0.25, 0.3) is 0 Å². The van der Waals surface area contributed by atoms with Crippen molar-refractivity contribution in [3.05, 3.63) is 24.3 Å². The van der Waals surface area contributed by atoms with Gasteiger partial charge in [0.1, 0.15) is 5.82 Å². The van der Waals surface area contributed by atoms with Gasteiger partial charge in [0.15, 0.2) is 5.82 Å². The van der Waals surface area contributed by atoms with Crippen LogP contribution in [0.1, 0.15) is 38.5 Å². The third-order valence-corrected chi connectivity index (χ3v) is 3.08. The lowest BCUT2D eigenvalue weighted by atomic mass is 10.0. The summed E-state index contributed by atoms with van der Waals surface area (Å²) in [6.45, 7) is 11.4. The number of carbonyl (C=O) groups excluding carboxylic acids is 2. The molecule has 0 saturated heterocycles. The lowest BCUT2D eigenvalue weighted by Gasteiger charge is -2.23. The number of likely N-dealkylation sites (N-methyl/N-ethyl adjacent to an activating group) is 1. The average Bonchev–Trinajstić information content (AvgIpc) is 2.87. The number of aromatic amines is 1. The smallest absolute Gasteiger partial charge is 0.246 e. The first-order valence-electron chi connectivity index (χ1n) is 6.98. The van der Waals surface area contributed by atoms with E-state index in [1.807, 2.05) is 20.8 Å². The van der Waals surface area contributed by atoms with E-state index < -0.39 is 0 Å². The lowest BCUT2D eigenvalue weighted by molar-refractivity contribution is -0.132. The summed E-state index contributed by atoms with van der Waals surface area (Å²) in [6.07, 6.45) is 1.20. The summed E-state index contributed by atoms with van der Waals surface area (Å²) in [5.74, 6) is 0.876. The maximum atomic E-state index is 12.1. The topological polar surface area (TPSA) is 91.0 Å². The Bertz CT molecular complexity index is 509. The highest BCUT2D eigenvalue weighted by Gasteiger charge is 2.23. The summed E-state index contributed by atoms with van der Waals surface area (Å²) in [5, 5.41) is 9.74. The third-order valence-electron chi connectivity index (χ3n) is 3.08. The summed E-state index contributed by atoms with van der Waals surface area (Å²) in [5.41, 5.74) is 0. The molecule has 2 N–H and O–H groups in total. The number of hydrogen-bond donors (Lipinski definition) is 2. The molecule has 1 heterocycles. The van der Waals surface area contributed by atoms with Crippen LogP contribution in [-0.4, -0.2) is 45.0 Å². The van der Waals surface area contributed by atoms with Crippen molar-refractivity contribution in [3.8, 4) is 0 Å². The zero-order valence-corrected chi connectivity index (χ0v) is 13.0. The minimum atomic E-state index is -0.292. The molecule has 21 heavy (non-hydrogen) atoms. The van der Waals surface area contributed by atoms with E-state index in [-0.39, 0.29) is 30.3 Å². The molecular formula is C14H23N5O2. The molecule has 116 valence electrons. The fraction of sp³-hybridized carbons (Fsp3) is 0.571. The van der Waals surface area contributed by atoms with E-state index in [1.165, 1.54) is 11.0 Å². The highest BCUT2D eigenvalue weighted by atomic mass is 16.2. The maximum absolute atomic E-state index is 12.1. The number of nitrogens with zero attached hydrogens (tertiary/aromatic N) is 3. The van der Waals surface area contributed by atoms with Crippen LogP contribution in [0.15, 0.2) is 12.7 Å². The molecule has 0 bridgehead atoms. The molecule has 1 rings (SSSR count). The fourth-order valence-corrected chi connectivity index (χ4v) is 1.90. The molecule has 1 unspecified atom stereocenters. The number of aromatic nitrogens is 3. The summed E-state index contributed by atoms with van der Waals surface area (Å²) in [7, 11) is 0. The molecule has 0 radical (unpaired) electrons. The van der Waals surface area contributed by atoms with Crippen molar-refractivity contribution in [2.45, 2.75) is 33.7 Å². The van der Waals surface area contributed by atoms with Gasteiger partial charge >= 0.3 is 0 Å². The second kappa shape index (κ2) is 7.56. The van der Waals surface area contributed by atoms with Gasteiger partial charge in [-0.25, -0.2) is 4.98 Å². The average molecular weight is 293 g/mol. The Morgan fingerprint density at radius 1 is 1.48 bits per heavy atom. The van der Waals surface area contributed by atoms with Gasteiger partial charge in [-0.1, -0.05) is 20.4 Å². The second-order valence-electron chi connectivity index (χ2n) is 5.12. The SMILES string of the molecule is C=CC(=O)N(CC)CC(=O)NC(c1n[nH]c(C)n1)C(C)C. The van der Waals surface area contributed by atoms with Gasteiger partial charge in [-0.3, -0.25) is 14.7 Å². The fourth-order valence-electron chi connectivity index (χ4n) is 1.90. The van der Waals surface area contributed by atoms with E-state index in [2.05, 4.69) is 27.1 Å². The van der Waals surface area contributed by atoms with Crippen molar-refractivity contribution in [3.63, 3.8) is 0 Å². The van der Waals surface area contributed by atoms with Crippen molar-refractivity contribution < 1.29 is 9.59 Å². The molecule has 0 fully saturated rings. The van der Waals surface area contributed by atoms with Crippen LogP contribution < -0.4 is 5.32 Å². The molecule has 0 aliphatic rings. The molecule has 1 atom stereocenters. The van der Waals surface area contributed by atoms with Crippen LogP contribution in [0.2, 0.25) is 0 Å². The molecule has 0 spiro atoms. The van der Waals surface area contributed by atoms with E-state index in [9.17, 15) is 9.59 Å². The van der Waals surface area contributed by atoms with Crippen molar-refractivity contribution in [2.75, 3.05) is 13.1 Å². The third kappa shape index (κ3) is 4.70. The van der Waals surface area contributed by atoms with Crippen LogP contribution in [0.4, 0.5) is 0 Å². The van der Waals surface area contributed by atoms with Gasteiger partial charge in [0, 0.05) is 6.54 Å². The van der Waals surface area contributed by atoms with Gasteiger partial charge < -0.3 is 10.2 Å². The van der Waals surface area contributed by atoms with E-state index in [4.69, 9.17) is 0 Å². The van der Waals surface area contributed by atoms with E-state index in [0.717, 1.165) is 0 Å². The Morgan fingerprint density at radius 2 is 2.14 bits per heavy atom. The lowest BCUT2D eigenvalue weighted by Crippen LogP contribution is -2.42. The number of amides is 2. The Morgan fingerprint density at radius 3 is 2.57 bits per heavy atom. The first-order valence-corrected chi connectivity index (χ1v) is 6.98. The summed E-state index contributed by atoms with van der Waals surface area (Å²) in [6, 6.07) is -0.292. The molecule has 7 heteroatoms.